The molecular formula is C23H36FN3O4. The van der Waals surface area contributed by atoms with Crippen LogP contribution in [0.5, 0.6) is 0 Å². The standard InChI is InChI=1S/C23H36FN3O4/c1-5-26(16-13-25-20(28)30-17-19-9-7-6-8-10-19)18-23(24)11-14-27(15-12-23)21(29)31-22(2,3)4/h6-10H,5,11-18H2,1-4H3,(H,25,28). The predicted molar refractivity (Wildman–Crippen MR) is 118 cm³/mol. The third-order valence-electron chi connectivity index (χ3n) is 5.18. The average Bonchev–Trinajstić information content (AvgIpc) is 2.71. The molecule has 0 unspecified atom stereocenters. The fourth-order valence-electron chi connectivity index (χ4n) is 3.41. The number of ether oxygens (including phenoxy) is 2. The molecule has 1 fully saturated rings. The van der Waals surface area contributed by atoms with Crippen molar-refractivity contribution in [1.29, 1.82) is 0 Å². The Kier molecular flexibility index (Phi) is 9.10. The summed E-state index contributed by atoms with van der Waals surface area (Å²) in [6, 6.07) is 9.46. The number of piperidine rings is 1. The molecule has 0 radical (unpaired) electrons. The van der Waals surface area contributed by atoms with Crippen LogP contribution in [-0.2, 0) is 16.1 Å². The lowest BCUT2D eigenvalue weighted by Crippen LogP contribution is -2.51. The van der Waals surface area contributed by atoms with Gasteiger partial charge in [-0.1, -0.05) is 37.3 Å². The number of hydrogen-bond donors (Lipinski definition) is 1. The van der Waals surface area contributed by atoms with E-state index >= 15 is 4.39 Å². The highest BCUT2D eigenvalue weighted by atomic mass is 19.1. The fourth-order valence-corrected chi connectivity index (χ4v) is 3.41. The minimum atomic E-state index is -1.36. The number of hydrogen-bond acceptors (Lipinski definition) is 5. The van der Waals surface area contributed by atoms with Crippen LogP contribution >= 0.6 is 0 Å². The molecule has 1 aromatic carbocycles. The van der Waals surface area contributed by atoms with Gasteiger partial charge in [0.15, 0.2) is 0 Å². The highest BCUT2D eigenvalue weighted by Gasteiger charge is 2.38. The molecule has 0 bridgehead atoms. The van der Waals surface area contributed by atoms with E-state index in [0.717, 1.165) is 5.56 Å². The van der Waals surface area contributed by atoms with Crippen LogP contribution < -0.4 is 5.32 Å². The van der Waals surface area contributed by atoms with E-state index in [1.807, 2.05) is 62.9 Å². The van der Waals surface area contributed by atoms with Crippen LogP contribution in [0.2, 0.25) is 0 Å². The van der Waals surface area contributed by atoms with Crippen molar-refractivity contribution in [3.8, 4) is 0 Å². The van der Waals surface area contributed by atoms with Crippen molar-refractivity contribution in [1.82, 2.24) is 15.1 Å². The summed E-state index contributed by atoms with van der Waals surface area (Å²) >= 11 is 0. The summed E-state index contributed by atoms with van der Waals surface area (Å²) in [7, 11) is 0. The number of likely N-dealkylation sites (N-methyl/N-ethyl adjacent to an activating group) is 1. The van der Waals surface area contributed by atoms with Crippen LogP contribution in [0.3, 0.4) is 0 Å². The average molecular weight is 438 g/mol. The molecular weight excluding hydrogens is 401 g/mol. The number of amides is 2. The molecule has 0 saturated carbocycles. The van der Waals surface area contributed by atoms with Crippen molar-refractivity contribution in [2.75, 3.05) is 39.3 Å². The lowest BCUT2D eigenvalue weighted by Gasteiger charge is -2.39. The first-order valence-corrected chi connectivity index (χ1v) is 10.9. The summed E-state index contributed by atoms with van der Waals surface area (Å²) in [5.74, 6) is 0. The minimum absolute atomic E-state index is 0.214. The number of nitrogens with zero attached hydrogens (tertiary/aromatic N) is 2. The second kappa shape index (κ2) is 11.3. The number of halogens is 1. The van der Waals surface area contributed by atoms with Crippen molar-refractivity contribution in [3.63, 3.8) is 0 Å². The van der Waals surface area contributed by atoms with E-state index in [0.29, 0.717) is 32.7 Å². The van der Waals surface area contributed by atoms with E-state index in [1.54, 1.807) is 4.90 Å². The molecule has 2 rings (SSSR count). The van der Waals surface area contributed by atoms with Crippen molar-refractivity contribution >= 4 is 12.2 Å². The van der Waals surface area contributed by atoms with E-state index in [2.05, 4.69) is 5.32 Å². The molecule has 0 aromatic heterocycles. The number of likely N-dealkylation sites (tertiary alicyclic amines) is 1. The van der Waals surface area contributed by atoms with Gasteiger partial charge >= 0.3 is 12.2 Å². The molecule has 1 heterocycles. The molecule has 0 atom stereocenters. The molecule has 174 valence electrons. The molecule has 0 aliphatic carbocycles. The first kappa shape index (κ1) is 24.9. The van der Waals surface area contributed by atoms with Gasteiger partial charge in [0.25, 0.3) is 0 Å². The van der Waals surface area contributed by atoms with Crippen LogP contribution in [0.25, 0.3) is 0 Å². The predicted octanol–water partition coefficient (Wildman–Crippen LogP) is 3.97. The Morgan fingerprint density at radius 1 is 1.19 bits per heavy atom. The molecule has 1 saturated heterocycles. The summed E-state index contributed by atoms with van der Waals surface area (Å²) in [6.45, 7) is 10.2. The number of nitrogens with one attached hydrogen (secondary N) is 1. The van der Waals surface area contributed by atoms with Crippen molar-refractivity contribution in [2.24, 2.45) is 0 Å². The van der Waals surface area contributed by atoms with Crippen LogP contribution in [0.4, 0.5) is 14.0 Å². The fraction of sp³-hybridized carbons (Fsp3) is 0.652. The Morgan fingerprint density at radius 3 is 2.42 bits per heavy atom. The van der Waals surface area contributed by atoms with Crippen molar-refractivity contribution < 1.29 is 23.5 Å². The Hall–Kier alpha value is -2.35. The largest absolute Gasteiger partial charge is 0.445 e. The third-order valence-corrected chi connectivity index (χ3v) is 5.18. The van der Waals surface area contributed by atoms with Gasteiger partial charge in [0.2, 0.25) is 0 Å². The van der Waals surface area contributed by atoms with E-state index in [-0.39, 0.29) is 32.1 Å². The molecule has 1 aromatic rings. The van der Waals surface area contributed by atoms with Gasteiger partial charge in [-0.3, -0.25) is 4.90 Å². The molecule has 7 nitrogen and oxygen atoms in total. The highest BCUT2D eigenvalue weighted by Crippen LogP contribution is 2.28. The van der Waals surface area contributed by atoms with Gasteiger partial charge < -0.3 is 19.7 Å². The zero-order chi connectivity index (χ0) is 22.9. The van der Waals surface area contributed by atoms with Crippen LogP contribution in [-0.4, -0.2) is 72.5 Å². The van der Waals surface area contributed by atoms with E-state index in [4.69, 9.17) is 9.47 Å². The Labute approximate surface area is 184 Å². The van der Waals surface area contributed by atoms with E-state index in [9.17, 15) is 9.59 Å². The Balaban J connectivity index is 1.69. The zero-order valence-electron chi connectivity index (χ0n) is 19.2. The highest BCUT2D eigenvalue weighted by molar-refractivity contribution is 5.68. The number of carbonyl (C=O) groups is 2. The summed E-state index contributed by atoms with van der Waals surface area (Å²) in [4.78, 5) is 27.6. The molecule has 1 aliphatic heterocycles. The van der Waals surface area contributed by atoms with Crippen LogP contribution in [0.15, 0.2) is 30.3 Å². The van der Waals surface area contributed by atoms with Gasteiger partial charge in [0, 0.05) is 45.6 Å². The number of alkyl carbamates (subject to hydrolysis) is 1. The Morgan fingerprint density at radius 2 is 1.84 bits per heavy atom. The first-order chi connectivity index (χ1) is 14.6. The smallest absolute Gasteiger partial charge is 0.410 e. The quantitative estimate of drug-likeness (QED) is 0.666. The van der Waals surface area contributed by atoms with Crippen molar-refractivity contribution in [2.45, 2.75) is 58.4 Å². The summed E-state index contributed by atoms with van der Waals surface area (Å²) < 4.78 is 25.9. The molecule has 31 heavy (non-hydrogen) atoms. The molecule has 2 amide bonds. The van der Waals surface area contributed by atoms with Gasteiger partial charge in [-0.15, -0.1) is 0 Å². The third kappa shape index (κ3) is 9.12. The monoisotopic (exact) mass is 437 g/mol. The summed E-state index contributed by atoms with van der Waals surface area (Å²) in [5.41, 5.74) is -0.997. The molecule has 1 N–H and O–H groups in total. The van der Waals surface area contributed by atoms with Gasteiger partial charge in [-0.25, -0.2) is 14.0 Å². The van der Waals surface area contributed by atoms with Crippen LogP contribution in [0, 0.1) is 0 Å². The van der Waals surface area contributed by atoms with Crippen molar-refractivity contribution in [3.05, 3.63) is 35.9 Å². The number of carbonyl (C=O) groups excluding carboxylic acids is 2. The van der Waals surface area contributed by atoms with E-state index < -0.39 is 17.4 Å². The summed E-state index contributed by atoms with van der Waals surface area (Å²) in [6.07, 6.45) is -0.328. The number of rotatable bonds is 8. The topological polar surface area (TPSA) is 71.1 Å². The lowest BCUT2D eigenvalue weighted by atomic mass is 9.92. The first-order valence-electron chi connectivity index (χ1n) is 10.9. The Bertz CT molecular complexity index is 701. The second-order valence-electron chi connectivity index (χ2n) is 8.98. The lowest BCUT2D eigenvalue weighted by molar-refractivity contribution is -0.00535. The minimum Gasteiger partial charge on any atom is -0.445 e. The van der Waals surface area contributed by atoms with Gasteiger partial charge in [-0.05, 0) is 32.9 Å². The van der Waals surface area contributed by atoms with Gasteiger partial charge in [0.05, 0.1) is 0 Å². The van der Waals surface area contributed by atoms with Gasteiger partial charge in [-0.2, -0.15) is 0 Å². The maximum absolute atomic E-state index is 15.3. The van der Waals surface area contributed by atoms with Gasteiger partial charge in [0.1, 0.15) is 17.9 Å². The normalized spacial score (nSPS) is 16.1. The zero-order valence-corrected chi connectivity index (χ0v) is 19.2. The molecule has 0 spiro atoms. The number of benzene rings is 1. The maximum atomic E-state index is 15.3. The molecule has 1 aliphatic rings. The van der Waals surface area contributed by atoms with Crippen LogP contribution in [0.1, 0.15) is 46.1 Å². The van der Waals surface area contributed by atoms with E-state index in [1.165, 1.54) is 0 Å². The second-order valence-corrected chi connectivity index (χ2v) is 8.98. The maximum Gasteiger partial charge on any atom is 0.410 e. The molecule has 8 heteroatoms. The SMILES string of the molecule is CCN(CCNC(=O)OCc1ccccc1)CC1(F)CCN(C(=O)OC(C)(C)C)CC1. The summed E-state index contributed by atoms with van der Waals surface area (Å²) in [5, 5.41) is 2.72. The number of alkyl halides is 1.